The molecule has 3 heterocycles. The number of rotatable bonds is 3. The molecule has 3 aromatic rings. The van der Waals surface area contributed by atoms with Crippen molar-refractivity contribution < 1.29 is 27.4 Å². The first kappa shape index (κ1) is 21.3. The van der Waals surface area contributed by atoms with Gasteiger partial charge in [0.1, 0.15) is 0 Å². The van der Waals surface area contributed by atoms with Gasteiger partial charge in [0, 0.05) is 56.4 Å². The van der Waals surface area contributed by atoms with Gasteiger partial charge in [-0.2, -0.15) is 18.3 Å². The van der Waals surface area contributed by atoms with Crippen LogP contribution in [-0.2, 0) is 19.1 Å². The molecule has 2 aliphatic rings. The van der Waals surface area contributed by atoms with Crippen molar-refractivity contribution in [2.75, 3.05) is 18.5 Å². The molecular formula is C23H21F3N4O3. The zero-order valence-electron chi connectivity index (χ0n) is 17.9. The summed E-state index contributed by atoms with van der Waals surface area (Å²) in [6.07, 6.45) is -4.55. The van der Waals surface area contributed by atoms with Crippen molar-refractivity contribution >= 4 is 11.6 Å². The van der Waals surface area contributed by atoms with E-state index >= 15 is 0 Å². The molecule has 0 aliphatic carbocycles. The van der Waals surface area contributed by atoms with Crippen LogP contribution < -0.4 is 19.7 Å². The number of hydrogen-bond acceptors (Lipinski definition) is 5. The lowest BCUT2D eigenvalue weighted by molar-refractivity contribution is -0.142. The van der Waals surface area contributed by atoms with Crippen LogP contribution in [0.5, 0.6) is 11.5 Å². The van der Waals surface area contributed by atoms with Crippen molar-refractivity contribution in [3.63, 3.8) is 0 Å². The Labute approximate surface area is 187 Å². The Morgan fingerprint density at radius 1 is 1.18 bits per heavy atom. The summed E-state index contributed by atoms with van der Waals surface area (Å²) in [5.74, 6) is 0.833. The number of nitrogens with one attached hydrogen (secondary N) is 1. The average molecular weight is 458 g/mol. The molecule has 1 aromatic heterocycles. The summed E-state index contributed by atoms with van der Waals surface area (Å²) in [6.45, 7) is 2.43. The third-order valence-electron chi connectivity index (χ3n) is 5.74. The fourth-order valence-electron chi connectivity index (χ4n) is 4.15. The van der Waals surface area contributed by atoms with Gasteiger partial charge in [-0.25, -0.2) is 4.68 Å². The van der Waals surface area contributed by atoms with E-state index in [0.29, 0.717) is 47.1 Å². The molecule has 7 nitrogen and oxygen atoms in total. The number of hydrogen-bond donors (Lipinski definition) is 1. The summed E-state index contributed by atoms with van der Waals surface area (Å²) in [4.78, 5) is 14.6. The van der Waals surface area contributed by atoms with E-state index in [1.54, 1.807) is 56.4 Å². The molecule has 1 N–H and O–H groups in total. The summed E-state index contributed by atoms with van der Waals surface area (Å²) in [5.41, 5.74) is 1.09. The first-order valence-electron chi connectivity index (χ1n) is 10.5. The SMILES string of the molecule is CC1Oc2ccc(N(C)C(=O)c3cccc(-n4nc(C(F)(F)F)c5c4CCNC5)c3)cc2O1. The first-order chi connectivity index (χ1) is 15.7. The fraction of sp³-hybridized carbons (Fsp3) is 0.304. The van der Waals surface area contributed by atoms with Gasteiger partial charge in [-0.3, -0.25) is 4.79 Å². The number of aromatic nitrogens is 2. The van der Waals surface area contributed by atoms with E-state index in [9.17, 15) is 18.0 Å². The molecule has 0 bridgehead atoms. The highest BCUT2D eigenvalue weighted by molar-refractivity contribution is 6.06. The maximum atomic E-state index is 13.5. The van der Waals surface area contributed by atoms with Crippen molar-refractivity contribution in [1.29, 1.82) is 0 Å². The van der Waals surface area contributed by atoms with Crippen LogP contribution >= 0.6 is 0 Å². The number of ether oxygens (including phenoxy) is 2. The molecule has 0 fully saturated rings. The number of alkyl halides is 3. The second-order valence-electron chi connectivity index (χ2n) is 7.96. The molecule has 2 aromatic carbocycles. The van der Waals surface area contributed by atoms with E-state index in [1.165, 1.54) is 9.58 Å². The van der Waals surface area contributed by atoms with Crippen LogP contribution in [0.3, 0.4) is 0 Å². The number of halogens is 3. The van der Waals surface area contributed by atoms with Crippen LogP contribution in [0.4, 0.5) is 18.9 Å². The molecule has 5 rings (SSSR count). The second-order valence-corrected chi connectivity index (χ2v) is 7.96. The minimum Gasteiger partial charge on any atom is -0.451 e. The van der Waals surface area contributed by atoms with E-state index in [2.05, 4.69) is 10.4 Å². The Hall–Kier alpha value is -3.53. The molecule has 0 saturated carbocycles. The quantitative estimate of drug-likeness (QED) is 0.644. The Morgan fingerprint density at radius 2 is 1.97 bits per heavy atom. The molecule has 172 valence electrons. The van der Waals surface area contributed by atoms with Gasteiger partial charge in [-0.05, 0) is 30.3 Å². The lowest BCUT2D eigenvalue weighted by atomic mass is 10.1. The van der Waals surface area contributed by atoms with E-state index in [4.69, 9.17) is 9.47 Å². The highest BCUT2D eigenvalue weighted by atomic mass is 19.4. The summed E-state index contributed by atoms with van der Waals surface area (Å²) < 4.78 is 53.0. The van der Waals surface area contributed by atoms with Gasteiger partial charge in [-0.1, -0.05) is 6.07 Å². The first-order valence-corrected chi connectivity index (χ1v) is 10.5. The largest absolute Gasteiger partial charge is 0.451 e. The summed E-state index contributed by atoms with van der Waals surface area (Å²) >= 11 is 0. The van der Waals surface area contributed by atoms with E-state index in [1.807, 2.05) is 0 Å². The minimum atomic E-state index is -4.56. The van der Waals surface area contributed by atoms with Crippen molar-refractivity contribution in [1.82, 2.24) is 15.1 Å². The van der Waals surface area contributed by atoms with Crippen molar-refractivity contribution in [2.24, 2.45) is 0 Å². The number of carbonyl (C=O) groups excluding carboxylic acids is 1. The van der Waals surface area contributed by atoms with Crippen molar-refractivity contribution in [2.45, 2.75) is 32.4 Å². The predicted octanol–water partition coefficient (Wildman–Crippen LogP) is 3.93. The van der Waals surface area contributed by atoms with Crippen LogP contribution in [0.2, 0.25) is 0 Å². The standard InChI is InChI=1S/C23H21F3N4O3/c1-13-32-19-7-6-15(11-20(19)33-13)29(2)22(31)14-4-3-5-16(10-14)30-18-8-9-27-12-17(18)21(28-30)23(24,25)26/h3-7,10-11,13,27H,8-9,12H2,1-2H3. The van der Waals surface area contributed by atoms with Gasteiger partial charge >= 0.3 is 6.18 Å². The van der Waals surface area contributed by atoms with E-state index in [-0.39, 0.29) is 18.0 Å². The molecule has 0 radical (unpaired) electrons. The Bertz CT molecular complexity index is 1240. The normalized spacial score (nSPS) is 17.1. The fourth-order valence-corrected chi connectivity index (χ4v) is 4.15. The van der Waals surface area contributed by atoms with Gasteiger partial charge in [0.25, 0.3) is 5.91 Å². The smallest absolute Gasteiger partial charge is 0.435 e. The molecule has 33 heavy (non-hydrogen) atoms. The Kier molecular flexibility index (Phi) is 5.04. The predicted molar refractivity (Wildman–Crippen MR) is 114 cm³/mol. The zero-order valence-corrected chi connectivity index (χ0v) is 17.9. The molecule has 0 spiro atoms. The summed E-state index contributed by atoms with van der Waals surface area (Å²) in [7, 11) is 1.62. The average Bonchev–Trinajstić information content (AvgIpc) is 3.37. The van der Waals surface area contributed by atoms with Crippen LogP contribution in [-0.4, -0.2) is 35.6 Å². The van der Waals surface area contributed by atoms with Crippen LogP contribution in [0.1, 0.15) is 34.2 Å². The van der Waals surface area contributed by atoms with Crippen molar-refractivity contribution in [3.05, 3.63) is 65.0 Å². The van der Waals surface area contributed by atoms with E-state index in [0.717, 1.165) is 0 Å². The van der Waals surface area contributed by atoms with Crippen LogP contribution in [0.25, 0.3) is 5.69 Å². The second kappa shape index (κ2) is 7.80. The maximum Gasteiger partial charge on any atom is 0.435 e. The molecule has 10 heteroatoms. The Morgan fingerprint density at radius 3 is 2.76 bits per heavy atom. The highest BCUT2D eigenvalue weighted by Gasteiger charge is 2.39. The topological polar surface area (TPSA) is 68.6 Å². The van der Waals surface area contributed by atoms with Gasteiger partial charge in [0.05, 0.1) is 11.4 Å². The summed E-state index contributed by atoms with van der Waals surface area (Å²) in [5, 5.41) is 6.85. The molecule has 2 aliphatic heterocycles. The zero-order chi connectivity index (χ0) is 23.3. The number of carbonyl (C=O) groups is 1. The molecular weight excluding hydrogens is 437 g/mol. The van der Waals surface area contributed by atoms with Gasteiger partial charge in [0.15, 0.2) is 17.2 Å². The lowest BCUT2D eigenvalue weighted by Gasteiger charge is -2.19. The lowest BCUT2D eigenvalue weighted by Crippen LogP contribution is -2.26. The molecule has 1 unspecified atom stereocenters. The minimum absolute atomic E-state index is 0.105. The maximum absolute atomic E-state index is 13.5. The van der Waals surface area contributed by atoms with E-state index < -0.39 is 18.2 Å². The monoisotopic (exact) mass is 458 g/mol. The highest BCUT2D eigenvalue weighted by Crippen LogP contribution is 2.38. The van der Waals surface area contributed by atoms with Gasteiger partial charge in [0.2, 0.25) is 6.29 Å². The number of benzene rings is 2. The molecule has 0 saturated heterocycles. The summed E-state index contributed by atoms with van der Waals surface area (Å²) in [6, 6.07) is 11.7. The number of fused-ring (bicyclic) bond motifs is 2. The van der Waals surface area contributed by atoms with Crippen molar-refractivity contribution in [3.8, 4) is 17.2 Å². The third kappa shape index (κ3) is 3.80. The number of nitrogens with zero attached hydrogens (tertiary/aromatic N) is 3. The van der Waals surface area contributed by atoms with Gasteiger partial charge in [-0.15, -0.1) is 0 Å². The number of anilines is 1. The van der Waals surface area contributed by atoms with Crippen LogP contribution in [0.15, 0.2) is 42.5 Å². The molecule has 1 amide bonds. The Balaban J connectivity index is 1.47. The van der Waals surface area contributed by atoms with Gasteiger partial charge < -0.3 is 19.7 Å². The number of amides is 1. The molecule has 1 atom stereocenters. The van der Waals surface area contributed by atoms with Crippen LogP contribution in [0, 0.1) is 0 Å². The third-order valence-corrected chi connectivity index (χ3v) is 5.74.